The molecule has 1 fully saturated rings. The third-order valence-electron chi connectivity index (χ3n) is 4.01. The van der Waals surface area contributed by atoms with Gasteiger partial charge in [-0.05, 0) is 30.0 Å². The second kappa shape index (κ2) is 7.37. The lowest BCUT2D eigenvalue weighted by atomic mass is 10.2. The van der Waals surface area contributed by atoms with Crippen molar-refractivity contribution in [3.8, 4) is 0 Å². The summed E-state index contributed by atoms with van der Waals surface area (Å²) in [4.78, 5) is 33.4. The van der Waals surface area contributed by atoms with E-state index in [1.54, 1.807) is 40.8 Å². The Morgan fingerprint density at radius 3 is 2.39 bits per heavy atom. The zero-order valence-electron chi connectivity index (χ0n) is 12.9. The summed E-state index contributed by atoms with van der Waals surface area (Å²) in [6.07, 6.45) is 4.58. The van der Waals surface area contributed by atoms with Crippen molar-refractivity contribution in [3.05, 3.63) is 52.5 Å². The maximum atomic E-state index is 12.4. The van der Waals surface area contributed by atoms with Crippen molar-refractivity contribution in [3.63, 3.8) is 0 Å². The van der Waals surface area contributed by atoms with Gasteiger partial charge in [-0.2, -0.15) is 0 Å². The molecule has 0 N–H and O–H groups in total. The summed E-state index contributed by atoms with van der Waals surface area (Å²) in [5.41, 5.74) is 0.650. The van der Waals surface area contributed by atoms with Gasteiger partial charge in [0.1, 0.15) is 0 Å². The number of rotatable bonds is 4. The number of carbonyl (C=O) groups excluding carboxylic acids is 2. The fourth-order valence-electron chi connectivity index (χ4n) is 2.68. The fraction of sp³-hybridized carbons (Fsp3) is 0.353. The maximum absolute atomic E-state index is 12.4. The molecule has 3 rings (SSSR count). The Kier molecular flexibility index (Phi) is 5.02. The highest BCUT2D eigenvalue weighted by molar-refractivity contribution is 7.09. The average Bonchev–Trinajstić information content (AvgIpc) is 3.13. The average molecular weight is 329 g/mol. The van der Waals surface area contributed by atoms with E-state index in [1.165, 1.54) is 4.88 Å². The van der Waals surface area contributed by atoms with E-state index in [0.29, 0.717) is 38.2 Å². The van der Waals surface area contributed by atoms with Crippen molar-refractivity contribution in [1.82, 2.24) is 14.8 Å². The van der Waals surface area contributed by atoms with E-state index in [9.17, 15) is 9.59 Å². The first-order valence-electron chi connectivity index (χ1n) is 7.73. The van der Waals surface area contributed by atoms with E-state index < -0.39 is 0 Å². The predicted molar refractivity (Wildman–Crippen MR) is 89.4 cm³/mol. The number of piperazine rings is 1. The van der Waals surface area contributed by atoms with E-state index >= 15 is 0 Å². The van der Waals surface area contributed by atoms with E-state index in [2.05, 4.69) is 11.1 Å². The molecule has 1 aliphatic heterocycles. The topological polar surface area (TPSA) is 53.5 Å². The normalized spacial score (nSPS) is 14.8. The molecular formula is C17H19N3O2S. The standard InChI is InChI=1S/C17H19N3O2S/c21-16(4-3-15-2-1-13-23-15)19-9-11-20(12-10-19)17(22)14-5-7-18-8-6-14/h1-2,5-8,13H,3-4,9-12H2. The van der Waals surface area contributed by atoms with Crippen molar-refractivity contribution >= 4 is 23.2 Å². The lowest BCUT2D eigenvalue weighted by Crippen LogP contribution is -2.50. The van der Waals surface area contributed by atoms with Gasteiger partial charge in [-0.25, -0.2) is 0 Å². The fourth-order valence-corrected chi connectivity index (χ4v) is 3.39. The molecule has 0 radical (unpaired) electrons. The second-order valence-electron chi connectivity index (χ2n) is 5.49. The summed E-state index contributed by atoms with van der Waals surface area (Å²) in [6, 6.07) is 7.51. The van der Waals surface area contributed by atoms with Crippen molar-refractivity contribution in [2.45, 2.75) is 12.8 Å². The van der Waals surface area contributed by atoms with Crippen LogP contribution in [0.3, 0.4) is 0 Å². The number of thiophene rings is 1. The highest BCUT2D eigenvalue weighted by Crippen LogP contribution is 2.13. The molecule has 23 heavy (non-hydrogen) atoms. The Balaban J connectivity index is 1.48. The van der Waals surface area contributed by atoms with Crippen LogP contribution in [0.2, 0.25) is 0 Å². The summed E-state index contributed by atoms with van der Waals surface area (Å²) >= 11 is 1.68. The number of aromatic nitrogens is 1. The third kappa shape index (κ3) is 3.96. The number of nitrogens with zero attached hydrogens (tertiary/aromatic N) is 3. The number of carbonyl (C=O) groups is 2. The van der Waals surface area contributed by atoms with Crippen LogP contribution >= 0.6 is 11.3 Å². The molecule has 0 aliphatic carbocycles. The molecule has 0 atom stereocenters. The number of hydrogen-bond acceptors (Lipinski definition) is 4. The molecule has 0 spiro atoms. The monoisotopic (exact) mass is 329 g/mol. The van der Waals surface area contributed by atoms with Crippen molar-refractivity contribution < 1.29 is 9.59 Å². The van der Waals surface area contributed by atoms with Gasteiger partial charge in [0.25, 0.3) is 5.91 Å². The summed E-state index contributed by atoms with van der Waals surface area (Å²) in [5.74, 6) is 0.187. The van der Waals surface area contributed by atoms with Crippen LogP contribution in [0, 0.1) is 0 Å². The molecule has 1 aliphatic rings. The first-order valence-corrected chi connectivity index (χ1v) is 8.61. The van der Waals surface area contributed by atoms with E-state index in [0.717, 1.165) is 6.42 Å². The zero-order valence-corrected chi connectivity index (χ0v) is 13.7. The number of pyridine rings is 1. The molecule has 3 heterocycles. The first-order chi connectivity index (χ1) is 11.2. The number of amides is 2. The SMILES string of the molecule is O=C(CCc1cccs1)N1CCN(C(=O)c2ccncc2)CC1. The molecule has 2 amide bonds. The Bertz CT molecular complexity index is 650. The summed E-state index contributed by atoms with van der Waals surface area (Å²) in [5, 5.41) is 2.03. The van der Waals surface area contributed by atoms with Crippen LogP contribution in [-0.4, -0.2) is 52.8 Å². The van der Waals surface area contributed by atoms with Gasteiger partial charge in [0.2, 0.25) is 5.91 Å². The third-order valence-corrected chi connectivity index (χ3v) is 4.95. The summed E-state index contributed by atoms with van der Waals surface area (Å²) in [7, 11) is 0. The molecule has 120 valence electrons. The van der Waals surface area contributed by atoms with Crippen molar-refractivity contribution in [1.29, 1.82) is 0 Å². The Morgan fingerprint density at radius 2 is 1.74 bits per heavy atom. The largest absolute Gasteiger partial charge is 0.339 e. The minimum atomic E-state index is 0.0121. The molecule has 2 aromatic rings. The molecular weight excluding hydrogens is 310 g/mol. The summed E-state index contributed by atoms with van der Waals surface area (Å²) < 4.78 is 0. The second-order valence-corrected chi connectivity index (χ2v) is 6.52. The number of hydrogen-bond donors (Lipinski definition) is 0. The predicted octanol–water partition coefficient (Wildman–Crippen LogP) is 2.06. The van der Waals surface area contributed by atoms with Gasteiger partial charge < -0.3 is 9.80 Å². The molecule has 0 bridgehead atoms. The molecule has 1 saturated heterocycles. The van der Waals surface area contributed by atoms with Crippen molar-refractivity contribution in [2.75, 3.05) is 26.2 Å². The van der Waals surface area contributed by atoms with Gasteiger partial charge in [0.15, 0.2) is 0 Å². The van der Waals surface area contributed by atoms with Gasteiger partial charge >= 0.3 is 0 Å². The quantitative estimate of drug-likeness (QED) is 0.863. The zero-order chi connectivity index (χ0) is 16.1. The van der Waals surface area contributed by atoms with Crippen LogP contribution in [0.4, 0.5) is 0 Å². The molecule has 0 saturated carbocycles. The molecule has 6 heteroatoms. The van der Waals surface area contributed by atoms with Crippen LogP contribution in [0.15, 0.2) is 42.0 Å². The minimum absolute atomic E-state index is 0.0121. The van der Waals surface area contributed by atoms with Crippen LogP contribution in [-0.2, 0) is 11.2 Å². The first kappa shape index (κ1) is 15.7. The summed E-state index contributed by atoms with van der Waals surface area (Å²) in [6.45, 7) is 2.40. The highest BCUT2D eigenvalue weighted by atomic mass is 32.1. The highest BCUT2D eigenvalue weighted by Gasteiger charge is 2.24. The van der Waals surface area contributed by atoms with Gasteiger partial charge in [0, 0.05) is 55.4 Å². The minimum Gasteiger partial charge on any atom is -0.339 e. The number of aryl methyl sites for hydroxylation is 1. The maximum Gasteiger partial charge on any atom is 0.254 e. The van der Waals surface area contributed by atoms with Crippen LogP contribution in [0.5, 0.6) is 0 Å². The van der Waals surface area contributed by atoms with Gasteiger partial charge in [0.05, 0.1) is 0 Å². The molecule has 2 aromatic heterocycles. The van der Waals surface area contributed by atoms with Crippen LogP contribution in [0.1, 0.15) is 21.7 Å². The van der Waals surface area contributed by atoms with Crippen molar-refractivity contribution in [2.24, 2.45) is 0 Å². The lowest BCUT2D eigenvalue weighted by molar-refractivity contribution is -0.132. The van der Waals surface area contributed by atoms with Crippen LogP contribution in [0.25, 0.3) is 0 Å². The van der Waals surface area contributed by atoms with Gasteiger partial charge in [-0.15, -0.1) is 11.3 Å². The molecule has 0 aromatic carbocycles. The van der Waals surface area contributed by atoms with Gasteiger partial charge in [-0.3, -0.25) is 14.6 Å². The van der Waals surface area contributed by atoms with Gasteiger partial charge in [-0.1, -0.05) is 6.07 Å². The Morgan fingerprint density at radius 1 is 1.04 bits per heavy atom. The molecule has 0 unspecified atom stereocenters. The van der Waals surface area contributed by atoms with E-state index in [1.807, 2.05) is 16.3 Å². The smallest absolute Gasteiger partial charge is 0.254 e. The van der Waals surface area contributed by atoms with E-state index in [4.69, 9.17) is 0 Å². The molecule has 5 nitrogen and oxygen atoms in total. The van der Waals surface area contributed by atoms with E-state index in [-0.39, 0.29) is 11.8 Å². The van der Waals surface area contributed by atoms with Crippen LogP contribution < -0.4 is 0 Å². The lowest BCUT2D eigenvalue weighted by Gasteiger charge is -2.34. The Hall–Kier alpha value is -2.21. The Labute approximate surface area is 139 Å².